The molecule has 0 amide bonds. The van der Waals surface area contributed by atoms with Crippen LogP contribution in [0.3, 0.4) is 0 Å². The summed E-state index contributed by atoms with van der Waals surface area (Å²) in [7, 11) is -0.465. The van der Waals surface area contributed by atoms with Crippen LogP contribution in [0.15, 0.2) is 12.1 Å². The van der Waals surface area contributed by atoms with Crippen molar-refractivity contribution >= 4 is 23.6 Å². The second-order valence-electron chi connectivity index (χ2n) is 8.64. The van der Waals surface area contributed by atoms with Gasteiger partial charge in [-0.05, 0) is 78.0 Å². The van der Waals surface area contributed by atoms with E-state index in [0.717, 1.165) is 35.9 Å². The zero-order valence-corrected chi connectivity index (χ0v) is 17.5. The van der Waals surface area contributed by atoms with Crippen LogP contribution in [-0.2, 0) is 14.0 Å². The molecule has 2 aliphatic rings. The molecule has 148 valence electrons. The molecule has 0 aliphatic carbocycles. The number of nitrogens with zero attached hydrogens (tertiary/aromatic N) is 2. The van der Waals surface area contributed by atoms with Crippen LogP contribution in [0, 0.1) is 13.8 Å². The molecule has 0 bridgehead atoms. The van der Waals surface area contributed by atoms with Gasteiger partial charge in [0.1, 0.15) is 5.59 Å². The lowest BCUT2D eigenvalue weighted by Crippen LogP contribution is -2.41. The highest BCUT2D eigenvalue weighted by atomic mass is 16.7. The molecule has 2 saturated heterocycles. The molecule has 0 saturated carbocycles. The minimum Gasteiger partial charge on any atom is -0.398 e. The molecule has 3 heterocycles. The average Bonchev–Trinajstić information content (AvgIpc) is 3.07. The van der Waals surface area contributed by atoms with E-state index in [-0.39, 0.29) is 23.6 Å². The molecule has 3 N–H and O–H groups in total. The topological polar surface area (TPSA) is 80.5 Å². The molecule has 2 aromatic rings. The Labute approximate surface area is 162 Å². The molecule has 1 aromatic carbocycles. The first-order valence-corrected chi connectivity index (χ1v) is 9.67. The van der Waals surface area contributed by atoms with Gasteiger partial charge in [0.15, 0.2) is 6.23 Å². The summed E-state index contributed by atoms with van der Waals surface area (Å²) in [5.74, 6) is 0. The maximum atomic E-state index is 6.31. The first kappa shape index (κ1) is 20.3. The van der Waals surface area contributed by atoms with E-state index in [1.807, 2.05) is 4.68 Å². The van der Waals surface area contributed by atoms with E-state index in [1.54, 1.807) is 0 Å². The Morgan fingerprint density at radius 3 is 2.33 bits per heavy atom. The van der Waals surface area contributed by atoms with Crippen LogP contribution >= 0.6 is 0 Å². The van der Waals surface area contributed by atoms with Crippen LogP contribution in [0.4, 0.5) is 0 Å². The van der Waals surface area contributed by atoms with E-state index in [1.165, 1.54) is 17.5 Å². The fourth-order valence-corrected chi connectivity index (χ4v) is 3.79. The van der Waals surface area contributed by atoms with Crippen LogP contribution in [-0.4, -0.2) is 34.7 Å². The Balaban J connectivity index is 0.00000210. The van der Waals surface area contributed by atoms with Gasteiger partial charge in [-0.2, -0.15) is 5.10 Å². The first-order chi connectivity index (χ1) is 12.2. The van der Waals surface area contributed by atoms with Gasteiger partial charge in [-0.15, -0.1) is 0 Å². The van der Waals surface area contributed by atoms with Gasteiger partial charge < -0.3 is 20.2 Å². The van der Waals surface area contributed by atoms with Crippen LogP contribution in [0.2, 0.25) is 0 Å². The molecule has 0 radical (unpaired) electrons. The summed E-state index contributed by atoms with van der Waals surface area (Å²) in [4.78, 5) is 0. The van der Waals surface area contributed by atoms with Crippen LogP contribution < -0.4 is 11.7 Å². The highest BCUT2D eigenvalue weighted by Crippen LogP contribution is 2.37. The van der Waals surface area contributed by atoms with Crippen molar-refractivity contribution in [3.05, 3.63) is 23.3 Å². The lowest BCUT2D eigenvalue weighted by Gasteiger charge is -2.32. The highest BCUT2D eigenvalue weighted by Gasteiger charge is 2.53. The molecule has 2 fully saturated rings. The summed E-state index contributed by atoms with van der Waals surface area (Å²) in [5.41, 5.74) is 3.69. The van der Waals surface area contributed by atoms with Crippen molar-refractivity contribution < 1.29 is 14.0 Å². The van der Waals surface area contributed by atoms with Gasteiger partial charge in [0.05, 0.1) is 16.7 Å². The minimum atomic E-state index is -0.465. The fraction of sp³-hybridized carbons (Fsp3) is 0.650. The first-order valence-electron chi connectivity index (χ1n) is 9.67. The molecule has 4 rings (SSSR count). The van der Waals surface area contributed by atoms with Crippen molar-refractivity contribution in [1.29, 1.82) is 0 Å². The number of aryl methyl sites for hydroxylation is 2. The van der Waals surface area contributed by atoms with Crippen LogP contribution in [0.1, 0.15) is 64.3 Å². The molecule has 1 atom stereocenters. The number of aromatic nitrogens is 2. The molecule has 1 aromatic heterocycles. The number of rotatable bonds is 2. The van der Waals surface area contributed by atoms with Gasteiger partial charge in [-0.1, -0.05) is 6.07 Å². The molecule has 2 aliphatic heterocycles. The second-order valence-corrected chi connectivity index (χ2v) is 8.64. The smallest absolute Gasteiger partial charge is 0.398 e. The number of benzene rings is 1. The van der Waals surface area contributed by atoms with E-state index in [0.29, 0.717) is 0 Å². The largest absolute Gasteiger partial charge is 0.517 e. The standard InChI is InChI=1S/C20H29BN2O3.H3N/c1-13-10-11-15-17(14(13)2)18(21-25-19(3,4)20(5,6)26-21)22-23(15)16-9-7-8-12-24-16;/h10-11,16H,7-9,12H2,1-6H3;1H3. The van der Waals surface area contributed by atoms with Crippen LogP contribution in [0.5, 0.6) is 0 Å². The summed E-state index contributed by atoms with van der Waals surface area (Å²) in [6, 6.07) is 4.31. The summed E-state index contributed by atoms with van der Waals surface area (Å²) >= 11 is 0. The molecule has 1 unspecified atom stereocenters. The van der Waals surface area contributed by atoms with E-state index in [4.69, 9.17) is 19.1 Å². The van der Waals surface area contributed by atoms with Crippen molar-refractivity contribution in [2.24, 2.45) is 0 Å². The summed E-state index contributed by atoms with van der Waals surface area (Å²) < 4.78 is 20.7. The van der Waals surface area contributed by atoms with Gasteiger partial charge in [0, 0.05) is 12.0 Å². The Morgan fingerprint density at radius 2 is 1.74 bits per heavy atom. The molecule has 7 heteroatoms. The van der Waals surface area contributed by atoms with Gasteiger partial charge in [0.2, 0.25) is 0 Å². The summed E-state index contributed by atoms with van der Waals surface area (Å²) in [5, 5.41) is 6.11. The molecule has 0 spiro atoms. The van der Waals surface area contributed by atoms with Crippen molar-refractivity contribution in [1.82, 2.24) is 15.9 Å². The zero-order chi connectivity index (χ0) is 18.7. The van der Waals surface area contributed by atoms with Crippen molar-refractivity contribution in [2.45, 2.75) is 78.2 Å². The third kappa shape index (κ3) is 3.20. The third-order valence-corrected chi connectivity index (χ3v) is 6.34. The quantitative estimate of drug-likeness (QED) is 0.810. The van der Waals surface area contributed by atoms with Crippen molar-refractivity contribution in [3.63, 3.8) is 0 Å². The molecule has 6 nitrogen and oxygen atoms in total. The molecular weight excluding hydrogens is 341 g/mol. The number of fused-ring (bicyclic) bond motifs is 1. The van der Waals surface area contributed by atoms with Gasteiger partial charge in [-0.25, -0.2) is 4.68 Å². The third-order valence-electron chi connectivity index (χ3n) is 6.34. The predicted molar refractivity (Wildman–Crippen MR) is 109 cm³/mol. The monoisotopic (exact) mass is 373 g/mol. The van der Waals surface area contributed by atoms with Gasteiger partial charge >= 0.3 is 7.12 Å². The summed E-state index contributed by atoms with van der Waals surface area (Å²) in [6.07, 6.45) is 3.28. The maximum absolute atomic E-state index is 6.31. The normalized spacial score (nSPS) is 24.2. The fourth-order valence-electron chi connectivity index (χ4n) is 3.79. The average molecular weight is 373 g/mol. The molecule has 27 heavy (non-hydrogen) atoms. The lowest BCUT2D eigenvalue weighted by atomic mass is 9.81. The number of hydrogen-bond acceptors (Lipinski definition) is 5. The van der Waals surface area contributed by atoms with Crippen molar-refractivity contribution in [3.8, 4) is 0 Å². The second kappa shape index (κ2) is 6.89. The van der Waals surface area contributed by atoms with Gasteiger partial charge in [-0.3, -0.25) is 0 Å². The predicted octanol–water partition coefficient (Wildman–Crippen LogP) is 3.81. The Bertz CT molecular complexity index is 825. The lowest BCUT2D eigenvalue weighted by molar-refractivity contribution is -0.0364. The van der Waals surface area contributed by atoms with E-state index in [2.05, 4.69) is 53.7 Å². The minimum absolute atomic E-state index is 0. The highest BCUT2D eigenvalue weighted by molar-refractivity contribution is 6.64. The van der Waals surface area contributed by atoms with E-state index >= 15 is 0 Å². The maximum Gasteiger partial charge on any atom is 0.517 e. The van der Waals surface area contributed by atoms with Gasteiger partial charge in [0.25, 0.3) is 0 Å². The number of hydrogen-bond donors (Lipinski definition) is 1. The SMILES string of the molecule is Cc1ccc2c(c(B3OC(C)(C)C(C)(C)O3)nn2C2CCCCO2)c1C.N. The van der Waals surface area contributed by atoms with Crippen molar-refractivity contribution in [2.75, 3.05) is 6.61 Å². The Morgan fingerprint density at radius 1 is 1.07 bits per heavy atom. The van der Waals surface area contributed by atoms with Crippen LogP contribution in [0.25, 0.3) is 10.9 Å². The zero-order valence-electron chi connectivity index (χ0n) is 17.5. The summed E-state index contributed by atoms with van der Waals surface area (Å²) in [6.45, 7) is 13.4. The van der Waals surface area contributed by atoms with E-state index < -0.39 is 7.12 Å². The number of ether oxygens (including phenoxy) is 1. The Kier molecular flexibility index (Phi) is 5.18. The van der Waals surface area contributed by atoms with E-state index in [9.17, 15) is 0 Å². The molecular formula is C20H32BN3O3. The Hall–Kier alpha value is -1.41.